The summed E-state index contributed by atoms with van der Waals surface area (Å²) >= 11 is 0. The second kappa shape index (κ2) is 6.06. The van der Waals surface area contributed by atoms with Crippen LogP contribution in [0.4, 0.5) is 0 Å². The van der Waals surface area contributed by atoms with Crippen molar-refractivity contribution < 1.29 is 4.42 Å². The van der Waals surface area contributed by atoms with Crippen molar-refractivity contribution in [3.63, 3.8) is 0 Å². The first-order valence-electron chi connectivity index (χ1n) is 7.17. The molecule has 1 fully saturated rings. The maximum atomic E-state index is 5.04. The second-order valence-corrected chi connectivity index (χ2v) is 5.31. The van der Waals surface area contributed by atoms with E-state index in [1.165, 1.54) is 37.7 Å². The van der Waals surface area contributed by atoms with E-state index < -0.39 is 0 Å². The fourth-order valence-corrected chi connectivity index (χ4v) is 2.75. The molecule has 1 aliphatic carbocycles. The van der Waals surface area contributed by atoms with Crippen molar-refractivity contribution in [2.75, 3.05) is 0 Å². The summed E-state index contributed by atoms with van der Waals surface area (Å²) in [7, 11) is 0. The molecule has 0 radical (unpaired) electrons. The minimum Gasteiger partial charge on any atom is -0.472 e. The summed E-state index contributed by atoms with van der Waals surface area (Å²) in [5.41, 5.74) is 2.29. The Morgan fingerprint density at radius 2 is 2.11 bits per heavy atom. The summed E-state index contributed by atoms with van der Waals surface area (Å²) in [6.07, 6.45) is 12.2. The zero-order valence-corrected chi connectivity index (χ0v) is 11.2. The minimum absolute atomic E-state index is 0.622. The highest BCUT2D eigenvalue weighted by molar-refractivity contribution is 5.05. The normalized spacial score (nSPS) is 16.8. The summed E-state index contributed by atoms with van der Waals surface area (Å²) in [5, 5.41) is 8.07. The van der Waals surface area contributed by atoms with Crippen LogP contribution in [0.2, 0.25) is 0 Å². The maximum absolute atomic E-state index is 5.04. The molecule has 0 amide bonds. The van der Waals surface area contributed by atoms with Crippen LogP contribution in [0.3, 0.4) is 0 Å². The number of hydrogen-bond acceptors (Lipinski definition) is 3. The van der Waals surface area contributed by atoms with Crippen LogP contribution in [0, 0.1) is 0 Å². The molecule has 0 aliphatic heterocycles. The molecule has 1 saturated carbocycles. The molecule has 0 atom stereocenters. The van der Waals surface area contributed by atoms with E-state index in [2.05, 4.69) is 27.4 Å². The van der Waals surface area contributed by atoms with E-state index in [4.69, 9.17) is 4.42 Å². The third-order valence-corrected chi connectivity index (χ3v) is 3.83. The molecule has 2 aromatic heterocycles. The van der Waals surface area contributed by atoms with Gasteiger partial charge in [-0.25, -0.2) is 0 Å². The van der Waals surface area contributed by atoms with Gasteiger partial charge in [0.1, 0.15) is 0 Å². The summed E-state index contributed by atoms with van der Waals surface area (Å²) < 4.78 is 7.20. The molecule has 0 bridgehead atoms. The van der Waals surface area contributed by atoms with Crippen molar-refractivity contribution >= 4 is 0 Å². The molecule has 1 aliphatic rings. The minimum atomic E-state index is 0.622. The predicted molar refractivity (Wildman–Crippen MR) is 73.6 cm³/mol. The molecule has 4 heteroatoms. The molecule has 0 unspecified atom stereocenters. The number of nitrogens with zero attached hydrogens (tertiary/aromatic N) is 2. The molecule has 2 aromatic rings. The lowest BCUT2D eigenvalue weighted by Gasteiger charge is -2.21. The molecule has 102 valence electrons. The van der Waals surface area contributed by atoms with Crippen molar-refractivity contribution in [1.82, 2.24) is 15.1 Å². The van der Waals surface area contributed by atoms with Gasteiger partial charge >= 0.3 is 0 Å². The monoisotopic (exact) mass is 259 g/mol. The van der Waals surface area contributed by atoms with Crippen LogP contribution in [0.15, 0.2) is 35.3 Å². The third-order valence-electron chi connectivity index (χ3n) is 3.83. The predicted octanol–water partition coefficient (Wildman–Crippen LogP) is 3.27. The van der Waals surface area contributed by atoms with E-state index >= 15 is 0 Å². The van der Waals surface area contributed by atoms with Gasteiger partial charge < -0.3 is 9.73 Å². The fraction of sp³-hybridized carbons (Fsp3) is 0.533. The molecule has 3 rings (SSSR count). The number of nitrogens with one attached hydrogen (secondary N) is 1. The first-order valence-corrected chi connectivity index (χ1v) is 7.17. The second-order valence-electron chi connectivity index (χ2n) is 5.31. The lowest BCUT2D eigenvalue weighted by molar-refractivity contribution is 0.327. The van der Waals surface area contributed by atoms with Gasteiger partial charge in [-0.2, -0.15) is 5.10 Å². The van der Waals surface area contributed by atoms with Crippen molar-refractivity contribution in [3.8, 4) is 0 Å². The van der Waals surface area contributed by atoms with Gasteiger partial charge in [-0.05, 0) is 25.0 Å². The van der Waals surface area contributed by atoms with Crippen LogP contribution < -0.4 is 5.32 Å². The van der Waals surface area contributed by atoms with E-state index in [9.17, 15) is 0 Å². The Morgan fingerprint density at radius 3 is 2.89 bits per heavy atom. The van der Waals surface area contributed by atoms with Crippen molar-refractivity contribution in [3.05, 3.63) is 42.1 Å². The largest absolute Gasteiger partial charge is 0.472 e. The average molecular weight is 259 g/mol. The van der Waals surface area contributed by atoms with E-state index in [0.717, 1.165) is 18.8 Å². The number of aromatic nitrogens is 2. The van der Waals surface area contributed by atoms with Gasteiger partial charge in [0.25, 0.3) is 0 Å². The van der Waals surface area contributed by atoms with Gasteiger partial charge in [-0.1, -0.05) is 19.3 Å². The average Bonchev–Trinajstić information content (AvgIpc) is 3.11. The molecule has 2 heterocycles. The Hall–Kier alpha value is -1.55. The van der Waals surface area contributed by atoms with Crippen LogP contribution in [-0.2, 0) is 13.1 Å². The molecule has 0 spiro atoms. The van der Waals surface area contributed by atoms with E-state index in [-0.39, 0.29) is 0 Å². The van der Waals surface area contributed by atoms with Gasteiger partial charge in [0.05, 0.1) is 24.3 Å². The van der Waals surface area contributed by atoms with Gasteiger partial charge in [0.15, 0.2) is 0 Å². The quantitative estimate of drug-likeness (QED) is 0.896. The van der Waals surface area contributed by atoms with Crippen LogP contribution in [-0.4, -0.2) is 9.78 Å². The number of furan rings is 1. The van der Waals surface area contributed by atoms with Crippen LogP contribution in [0.5, 0.6) is 0 Å². The maximum Gasteiger partial charge on any atom is 0.0947 e. The Morgan fingerprint density at radius 1 is 1.21 bits per heavy atom. The Kier molecular flexibility index (Phi) is 3.98. The summed E-state index contributed by atoms with van der Waals surface area (Å²) in [6, 6.07) is 4.72. The molecule has 19 heavy (non-hydrogen) atoms. The lowest BCUT2D eigenvalue weighted by Crippen LogP contribution is -2.15. The van der Waals surface area contributed by atoms with Crippen molar-refractivity contribution in [1.29, 1.82) is 0 Å². The zero-order chi connectivity index (χ0) is 12.9. The van der Waals surface area contributed by atoms with Gasteiger partial charge in [-0.15, -0.1) is 0 Å². The highest BCUT2D eigenvalue weighted by atomic mass is 16.3. The van der Waals surface area contributed by atoms with Crippen LogP contribution in [0.25, 0.3) is 0 Å². The smallest absolute Gasteiger partial charge is 0.0947 e. The third kappa shape index (κ3) is 3.26. The van der Waals surface area contributed by atoms with Gasteiger partial charge in [0, 0.05) is 24.8 Å². The van der Waals surface area contributed by atoms with Crippen molar-refractivity contribution in [2.24, 2.45) is 0 Å². The molecule has 4 nitrogen and oxygen atoms in total. The molecular weight excluding hydrogens is 238 g/mol. The Balaban J connectivity index is 1.50. The van der Waals surface area contributed by atoms with Crippen LogP contribution in [0.1, 0.15) is 49.4 Å². The van der Waals surface area contributed by atoms with Gasteiger partial charge in [-0.3, -0.25) is 4.68 Å². The topological polar surface area (TPSA) is 43.0 Å². The molecular formula is C15H21N3O. The van der Waals surface area contributed by atoms with E-state index in [1.54, 1.807) is 12.5 Å². The standard InChI is InChI=1S/C15H21N3O/c1-2-4-15(5-3-1)18-8-6-14(17-18)11-16-10-13-7-9-19-12-13/h6-9,12,15-16H,1-5,10-11H2. The summed E-state index contributed by atoms with van der Waals surface area (Å²) in [4.78, 5) is 0. The van der Waals surface area contributed by atoms with Crippen molar-refractivity contribution in [2.45, 2.75) is 51.2 Å². The first-order chi connectivity index (χ1) is 9.42. The van der Waals surface area contributed by atoms with E-state index in [0.29, 0.717) is 6.04 Å². The highest BCUT2D eigenvalue weighted by Crippen LogP contribution is 2.27. The first kappa shape index (κ1) is 12.5. The number of hydrogen-bond donors (Lipinski definition) is 1. The highest BCUT2D eigenvalue weighted by Gasteiger charge is 2.15. The van der Waals surface area contributed by atoms with Gasteiger partial charge in [0.2, 0.25) is 0 Å². The molecule has 0 aromatic carbocycles. The van der Waals surface area contributed by atoms with E-state index in [1.807, 2.05) is 6.07 Å². The molecule has 0 saturated heterocycles. The SMILES string of the molecule is c1cc(CNCc2ccn(C3CCCCC3)n2)co1. The molecule has 1 N–H and O–H groups in total. The summed E-state index contributed by atoms with van der Waals surface area (Å²) in [6.45, 7) is 1.64. The van der Waals surface area contributed by atoms with Crippen LogP contribution >= 0.6 is 0 Å². The fourth-order valence-electron chi connectivity index (χ4n) is 2.75. The Labute approximate surface area is 113 Å². The lowest BCUT2D eigenvalue weighted by atomic mass is 9.96. The summed E-state index contributed by atoms with van der Waals surface area (Å²) in [5.74, 6) is 0. The zero-order valence-electron chi connectivity index (χ0n) is 11.2. The number of rotatable bonds is 5. The Bertz CT molecular complexity index is 483.